The zero-order valence-corrected chi connectivity index (χ0v) is 10.8. The molecular weight excluding hydrogens is 240 g/mol. The number of sulfone groups is 1. The van der Waals surface area contributed by atoms with E-state index in [9.17, 15) is 13.5 Å². The van der Waals surface area contributed by atoms with Gasteiger partial charge in [-0.15, -0.1) is 0 Å². The fourth-order valence-electron chi connectivity index (χ4n) is 1.90. The number of methoxy groups -OCH3 is 1. The highest BCUT2D eigenvalue weighted by atomic mass is 32.2. The number of ether oxygens (including phenoxy) is 1. The van der Waals surface area contributed by atoms with Crippen molar-refractivity contribution in [1.82, 2.24) is 0 Å². The highest BCUT2D eigenvalue weighted by Crippen LogP contribution is 2.41. The molecule has 1 aliphatic carbocycles. The van der Waals surface area contributed by atoms with Gasteiger partial charge < -0.3 is 9.84 Å². The van der Waals surface area contributed by atoms with E-state index in [0.29, 0.717) is 12.2 Å². The normalized spacial score (nSPS) is 17.8. The summed E-state index contributed by atoms with van der Waals surface area (Å²) in [4.78, 5) is 0.182. The van der Waals surface area contributed by atoms with Crippen LogP contribution >= 0.6 is 0 Å². The van der Waals surface area contributed by atoms with Crippen molar-refractivity contribution in [3.8, 4) is 5.75 Å². The molecule has 0 amide bonds. The maximum Gasteiger partial charge on any atom is 0.179 e. The van der Waals surface area contributed by atoms with E-state index in [2.05, 4.69) is 0 Å². The van der Waals surface area contributed by atoms with E-state index in [4.69, 9.17) is 4.74 Å². The molecule has 2 rings (SSSR count). The smallest absolute Gasteiger partial charge is 0.179 e. The molecule has 4 nitrogen and oxygen atoms in total. The van der Waals surface area contributed by atoms with Gasteiger partial charge in [0, 0.05) is 12.7 Å². The largest absolute Gasteiger partial charge is 0.495 e. The minimum Gasteiger partial charge on any atom is -0.495 e. The second-order valence-corrected chi connectivity index (χ2v) is 6.61. The van der Waals surface area contributed by atoms with Crippen molar-refractivity contribution in [2.75, 3.05) is 13.4 Å². The summed E-state index contributed by atoms with van der Waals surface area (Å²) < 4.78 is 28.4. The molecule has 1 fully saturated rings. The zero-order valence-electron chi connectivity index (χ0n) is 9.93. The molecule has 0 spiro atoms. The fourth-order valence-corrected chi connectivity index (χ4v) is 2.78. The number of aliphatic hydroxyl groups is 1. The van der Waals surface area contributed by atoms with Crippen LogP contribution in [-0.2, 0) is 16.3 Å². The molecular formula is C12H16O4S. The van der Waals surface area contributed by atoms with Gasteiger partial charge in [-0.3, -0.25) is 0 Å². The molecule has 1 saturated carbocycles. The van der Waals surface area contributed by atoms with Crippen LogP contribution in [0.25, 0.3) is 0 Å². The quantitative estimate of drug-likeness (QED) is 0.878. The molecule has 0 aromatic heterocycles. The molecule has 0 saturated heterocycles. The third-order valence-corrected chi connectivity index (χ3v) is 4.13. The lowest BCUT2D eigenvalue weighted by molar-refractivity contribution is 0.149. The third-order valence-electron chi connectivity index (χ3n) is 3.01. The Balaban J connectivity index is 2.46. The molecule has 5 heteroatoms. The summed E-state index contributed by atoms with van der Waals surface area (Å²) in [6.45, 7) is 0. The summed E-state index contributed by atoms with van der Waals surface area (Å²) in [6.07, 6.45) is 3.12. The molecule has 1 aliphatic rings. The van der Waals surface area contributed by atoms with Crippen LogP contribution in [0.3, 0.4) is 0 Å². The minimum absolute atomic E-state index is 0.182. The van der Waals surface area contributed by atoms with Crippen LogP contribution in [0.4, 0.5) is 0 Å². The highest BCUT2D eigenvalue weighted by molar-refractivity contribution is 7.90. The summed E-state index contributed by atoms with van der Waals surface area (Å²) >= 11 is 0. The van der Waals surface area contributed by atoms with Crippen LogP contribution in [0.15, 0.2) is 23.1 Å². The molecule has 0 atom stereocenters. The number of rotatable bonds is 4. The van der Waals surface area contributed by atoms with Crippen LogP contribution in [0.1, 0.15) is 18.4 Å². The Morgan fingerprint density at radius 2 is 2.06 bits per heavy atom. The lowest BCUT2D eigenvalue weighted by atomic mass is 10.1. The molecule has 0 bridgehead atoms. The van der Waals surface area contributed by atoms with E-state index in [1.165, 1.54) is 13.2 Å². The topological polar surface area (TPSA) is 63.6 Å². The minimum atomic E-state index is -3.31. The van der Waals surface area contributed by atoms with E-state index in [-0.39, 0.29) is 4.90 Å². The summed E-state index contributed by atoms with van der Waals surface area (Å²) in [5.41, 5.74) is 0.0825. The first-order chi connectivity index (χ1) is 7.86. The first-order valence-electron chi connectivity index (χ1n) is 5.44. The van der Waals surface area contributed by atoms with E-state index < -0.39 is 15.4 Å². The lowest BCUT2D eigenvalue weighted by Gasteiger charge is -2.14. The monoisotopic (exact) mass is 256 g/mol. The Kier molecular flexibility index (Phi) is 2.91. The average Bonchev–Trinajstić information content (AvgIpc) is 2.94. The highest BCUT2D eigenvalue weighted by Gasteiger charge is 2.41. The number of benzene rings is 1. The van der Waals surface area contributed by atoms with Crippen molar-refractivity contribution in [2.45, 2.75) is 29.8 Å². The van der Waals surface area contributed by atoms with Gasteiger partial charge >= 0.3 is 0 Å². The predicted octanol–water partition coefficient (Wildman–Crippen LogP) is 1.17. The van der Waals surface area contributed by atoms with E-state index in [1.807, 2.05) is 0 Å². The van der Waals surface area contributed by atoms with Crippen LogP contribution in [0.5, 0.6) is 5.75 Å². The van der Waals surface area contributed by atoms with E-state index in [0.717, 1.165) is 24.7 Å². The predicted molar refractivity (Wildman–Crippen MR) is 64.0 cm³/mol. The molecule has 0 unspecified atom stereocenters. The van der Waals surface area contributed by atoms with Crippen LogP contribution in [-0.4, -0.2) is 32.5 Å². The SMILES string of the molecule is COc1c(CC2(O)CC2)cccc1S(C)(=O)=O. The Morgan fingerprint density at radius 1 is 1.41 bits per heavy atom. The molecule has 94 valence electrons. The lowest BCUT2D eigenvalue weighted by Crippen LogP contribution is -2.13. The molecule has 0 radical (unpaired) electrons. The molecule has 0 heterocycles. The van der Waals surface area contributed by atoms with Gasteiger partial charge in [-0.2, -0.15) is 0 Å². The van der Waals surface area contributed by atoms with Gasteiger partial charge in [0.25, 0.3) is 0 Å². The Labute approximate surface area is 101 Å². The fraction of sp³-hybridized carbons (Fsp3) is 0.500. The Bertz CT molecular complexity index is 529. The standard InChI is InChI=1S/C12H16O4S/c1-16-11-9(8-12(13)6-7-12)4-3-5-10(11)17(2,14)15/h3-5,13H,6-8H2,1-2H3. The van der Waals surface area contributed by atoms with Crippen molar-refractivity contribution in [1.29, 1.82) is 0 Å². The molecule has 0 aliphatic heterocycles. The first kappa shape index (κ1) is 12.4. The number of hydrogen-bond acceptors (Lipinski definition) is 4. The van der Waals surface area contributed by atoms with Crippen LogP contribution in [0.2, 0.25) is 0 Å². The Morgan fingerprint density at radius 3 is 2.53 bits per heavy atom. The van der Waals surface area contributed by atoms with Crippen molar-refractivity contribution in [2.24, 2.45) is 0 Å². The van der Waals surface area contributed by atoms with Crippen molar-refractivity contribution in [3.63, 3.8) is 0 Å². The molecule has 1 N–H and O–H groups in total. The van der Waals surface area contributed by atoms with Gasteiger partial charge in [0.05, 0.1) is 12.7 Å². The van der Waals surface area contributed by atoms with Crippen molar-refractivity contribution in [3.05, 3.63) is 23.8 Å². The molecule has 17 heavy (non-hydrogen) atoms. The number of hydrogen-bond donors (Lipinski definition) is 1. The van der Waals surface area contributed by atoms with Gasteiger partial charge in [0.2, 0.25) is 0 Å². The van der Waals surface area contributed by atoms with Gasteiger partial charge in [-0.1, -0.05) is 12.1 Å². The third kappa shape index (κ3) is 2.61. The second-order valence-electron chi connectivity index (χ2n) is 4.62. The summed E-state index contributed by atoms with van der Waals surface area (Å²) in [5, 5.41) is 9.89. The van der Waals surface area contributed by atoms with Crippen LogP contribution < -0.4 is 4.74 Å². The second kappa shape index (κ2) is 3.99. The van der Waals surface area contributed by atoms with Gasteiger partial charge in [-0.25, -0.2) is 8.42 Å². The summed E-state index contributed by atoms with van der Waals surface area (Å²) in [5.74, 6) is 0.357. The van der Waals surface area contributed by atoms with E-state index >= 15 is 0 Å². The van der Waals surface area contributed by atoms with Crippen molar-refractivity contribution >= 4 is 9.84 Å². The average molecular weight is 256 g/mol. The van der Waals surface area contributed by atoms with E-state index in [1.54, 1.807) is 12.1 Å². The number of para-hydroxylation sites is 1. The zero-order chi connectivity index (χ0) is 12.7. The van der Waals surface area contributed by atoms with Gasteiger partial charge in [-0.05, 0) is 24.5 Å². The Hall–Kier alpha value is -1.07. The molecule has 1 aromatic rings. The first-order valence-corrected chi connectivity index (χ1v) is 7.33. The van der Waals surface area contributed by atoms with Crippen LogP contribution in [0, 0.1) is 0 Å². The summed E-state index contributed by atoms with van der Waals surface area (Å²) in [7, 11) is -1.86. The molecule has 1 aromatic carbocycles. The van der Waals surface area contributed by atoms with Gasteiger partial charge in [0.1, 0.15) is 10.6 Å². The maximum atomic E-state index is 11.6. The van der Waals surface area contributed by atoms with Gasteiger partial charge in [0.15, 0.2) is 9.84 Å². The van der Waals surface area contributed by atoms with Crippen molar-refractivity contribution < 1.29 is 18.3 Å². The summed E-state index contributed by atoms with van der Waals surface area (Å²) in [6, 6.07) is 5.00. The maximum absolute atomic E-state index is 11.6.